The molecule has 0 aliphatic carbocycles. The minimum Gasteiger partial charge on any atom is -0.314 e. The fourth-order valence-corrected chi connectivity index (χ4v) is 5.14. The normalized spacial score (nSPS) is 12.4. The lowest BCUT2D eigenvalue weighted by atomic mass is 10.1. The average Bonchev–Trinajstić information content (AvgIpc) is 2.83. The van der Waals surface area contributed by atoms with Crippen LogP contribution in [0.2, 0.25) is 0 Å². The minimum atomic E-state index is -4.04. The van der Waals surface area contributed by atoms with Crippen molar-refractivity contribution in [1.82, 2.24) is 9.71 Å². The van der Waals surface area contributed by atoms with Crippen molar-refractivity contribution < 1.29 is 13.2 Å². The van der Waals surface area contributed by atoms with Crippen molar-refractivity contribution in [2.45, 2.75) is 24.3 Å². The summed E-state index contributed by atoms with van der Waals surface area (Å²) >= 11 is 0. The Balaban J connectivity index is 1.70. The highest BCUT2D eigenvalue weighted by atomic mass is 32.2. The van der Waals surface area contributed by atoms with E-state index in [1.54, 1.807) is 37.5 Å². The summed E-state index contributed by atoms with van der Waals surface area (Å²) in [5, 5.41) is 0.711. The van der Waals surface area contributed by atoms with Crippen LogP contribution < -0.4 is 9.62 Å². The maximum Gasteiger partial charge on any atom is 0.245 e. The van der Waals surface area contributed by atoms with Gasteiger partial charge >= 0.3 is 0 Å². The first kappa shape index (κ1) is 22.6. The zero-order valence-electron chi connectivity index (χ0n) is 18.5. The maximum absolute atomic E-state index is 13.5. The SMILES string of the molecule is Cc1cccc(N(C)C(=O)[C@H](Cc2ccccc2)NS(=O)(=O)c2cccc3cccnc23)c1. The van der Waals surface area contributed by atoms with E-state index in [1.807, 2.05) is 61.5 Å². The number of anilines is 1. The number of hydrogen-bond donors (Lipinski definition) is 1. The average molecular weight is 460 g/mol. The third-order valence-corrected chi connectivity index (χ3v) is 6.99. The summed E-state index contributed by atoms with van der Waals surface area (Å²) in [7, 11) is -2.38. The van der Waals surface area contributed by atoms with Gasteiger partial charge < -0.3 is 4.90 Å². The number of aromatic nitrogens is 1. The molecule has 1 aromatic heterocycles. The van der Waals surface area contributed by atoms with Gasteiger partial charge in [-0.2, -0.15) is 4.72 Å². The van der Waals surface area contributed by atoms with E-state index >= 15 is 0 Å². The molecule has 4 rings (SSSR count). The first-order chi connectivity index (χ1) is 15.8. The van der Waals surface area contributed by atoms with Gasteiger partial charge in [0.05, 0.1) is 5.52 Å². The van der Waals surface area contributed by atoms with Crippen molar-refractivity contribution in [2.75, 3.05) is 11.9 Å². The third kappa shape index (κ3) is 5.10. The van der Waals surface area contributed by atoms with Crippen molar-refractivity contribution in [3.05, 3.63) is 102 Å². The lowest BCUT2D eigenvalue weighted by Gasteiger charge is -2.25. The number of para-hydroxylation sites is 1. The number of benzene rings is 3. The van der Waals surface area contributed by atoms with Crippen molar-refractivity contribution >= 4 is 32.5 Å². The highest BCUT2D eigenvalue weighted by molar-refractivity contribution is 7.89. The van der Waals surface area contributed by atoms with Crippen LogP contribution in [0.1, 0.15) is 11.1 Å². The van der Waals surface area contributed by atoms with E-state index in [4.69, 9.17) is 0 Å². The number of aryl methyl sites for hydroxylation is 1. The number of likely N-dealkylation sites (N-methyl/N-ethyl adjacent to an activating group) is 1. The number of sulfonamides is 1. The molecule has 1 atom stereocenters. The quantitative estimate of drug-likeness (QED) is 0.451. The Morgan fingerprint density at radius 2 is 1.70 bits per heavy atom. The predicted octanol–water partition coefficient (Wildman–Crippen LogP) is 4.10. The summed E-state index contributed by atoms with van der Waals surface area (Å²) in [4.78, 5) is 19.3. The number of hydrogen-bond acceptors (Lipinski definition) is 4. The largest absolute Gasteiger partial charge is 0.314 e. The van der Waals surface area contributed by atoms with Crippen molar-refractivity contribution in [3.8, 4) is 0 Å². The molecular weight excluding hydrogens is 434 g/mol. The molecule has 0 aliphatic rings. The minimum absolute atomic E-state index is 0.0460. The molecule has 0 fully saturated rings. The molecule has 1 heterocycles. The lowest BCUT2D eigenvalue weighted by Crippen LogP contribution is -2.48. The lowest BCUT2D eigenvalue weighted by molar-refractivity contribution is -0.119. The summed E-state index contributed by atoms with van der Waals surface area (Å²) in [5.74, 6) is -0.346. The van der Waals surface area contributed by atoms with E-state index in [1.165, 1.54) is 11.0 Å². The molecule has 0 radical (unpaired) electrons. The number of fused-ring (bicyclic) bond motifs is 1. The molecule has 0 saturated carbocycles. The van der Waals surface area contributed by atoms with E-state index < -0.39 is 16.1 Å². The van der Waals surface area contributed by atoms with Gasteiger partial charge in [0.25, 0.3) is 0 Å². The van der Waals surface area contributed by atoms with Crippen LogP contribution in [0.25, 0.3) is 10.9 Å². The van der Waals surface area contributed by atoms with Crippen molar-refractivity contribution in [2.24, 2.45) is 0 Å². The summed E-state index contributed by atoms with van der Waals surface area (Å²) in [5.41, 5.74) is 2.93. The molecule has 0 bridgehead atoms. The van der Waals surface area contributed by atoms with Crippen LogP contribution in [0.15, 0.2) is 96.0 Å². The molecule has 0 unspecified atom stereocenters. The number of carbonyl (C=O) groups is 1. The van der Waals surface area contributed by atoms with Gasteiger partial charge in [-0.1, -0.05) is 60.7 Å². The van der Waals surface area contributed by atoms with E-state index in [0.29, 0.717) is 16.6 Å². The van der Waals surface area contributed by atoms with Gasteiger partial charge in [-0.05, 0) is 48.7 Å². The smallest absolute Gasteiger partial charge is 0.245 e. The van der Waals surface area contributed by atoms with Gasteiger partial charge in [0.2, 0.25) is 15.9 Å². The number of carbonyl (C=O) groups excluding carboxylic acids is 1. The maximum atomic E-state index is 13.5. The molecule has 0 aliphatic heterocycles. The second-order valence-electron chi connectivity index (χ2n) is 7.93. The van der Waals surface area contributed by atoms with E-state index in [9.17, 15) is 13.2 Å². The molecule has 0 spiro atoms. The molecular formula is C26H25N3O3S. The second kappa shape index (κ2) is 9.52. The van der Waals surface area contributed by atoms with Crippen LogP contribution >= 0.6 is 0 Å². The molecule has 7 heteroatoms. The Bertz CT molecular complexity index is 1380. The van der Waals surface area contributed by atoms with Crippen molar-refractivity contribution in [3.63, 3.8) is 0 Å². The van der Waals surface area contributed by atoms with Crippen LogP contribution in [0.4, 0.5) is 5.69 Å². The standard InChI is InChI=1S/C26H25N3O3S/c1-19-9-6-14-22(17-19)29(2)26(30)23(18-20-10-4-3-5-11-20)28-33(31,32)24-15-7-12-21-13-8-16-27-25(21)24/h3-17,23,28H,18H2,1-2H3/t23-/m0/s1. The van der Waals surface area contributed by atoms with Crippen LogP contribution in [0.3, 0.4) is 0 Å². The fourth-order valence-electron chi connectivity index (χ4n) is 3.77. The topological polar surface area (TPSA) is 79.4 Å². The highest BCUT2D eigenvalue weighted by Gasteiger charge is 2.30. The zero-order valence-corrected chi connectivity index (χ0v) is 19.3. The van der Waals surface area contributed by atoms with Crippen LogP contribution in [0.5, 0.6) is 0 Å². The second-order valence-corrected chi connectivity index (χ2v) is 9.61. The molecule has 3 aromatic carbocycles. The number of rotatable bonds is 7. The molecule has 1 N–H and O–H groups in total. The van der Waals surface area contributed by atoms with E-state index in [-0.39, 0.29) is 17.2 Å². The van der Waals surface area contributed by atoms with Gasteiger partial charge in [-0.25, -0.2) is 8.42 Å². The van der Waals surface area contributed by atoms with Crippen LogP contribution in [0, 0.1) is 6.92 Å². The fraction of sp³-hybridized carbons (Fsp3) is 0.154. The monoisotopic (exact) mass is 459 g/mol. The van der Waals surface area contributed by atoms with Gasteiger partial charge in [-0.3, -0.25) is 9.78 Å². The Morgan fingerprint density at radius 3 is 2.45 bits per heavy atom. The Kier molecular flexibility index (Phi) is 6.53. The third-order valence-electron chi connectivity index (χ3n) is 5.48. The molecule has 0 saturated heterocycles. The van der Waals surface area contributed by atoms with Gasteiger partial charge in [0, 0.05) is 24.3 Å². The van der Waals surface area contributed by atoms with Crippen LogP contribution in [-0.2, 0) is 21.2 Å². The van der Waals surface area contributed by atoms with E-state index in [2.05, 4.69) is 9.71 Å². The van der Waals surface area contributed by atoms with E-state index in [0.717, 1.165) is 11.1 Å². The molecule has 4 aromatic rings. The predicted molar refractivity (Wildman–Crippen MR) is 131 cm³/mol. The first-order valence-corrected chi connectivity index (χ1v) is 12.1. The Morgan fingerprint density at radius 1 is 0.970 bits per heavy atom. The summed E-state index contributed by atoms with van der Waals surface area (Å²) in [6.07, 6.45) is 1.77. The van der Waals surface area contributed by atoms with Gasteiger partial charge in [-0.15, -0.1) is 0 Å². The van der Waals surface area contributed by atoms with Gasteiger partial charge in [0.15, 0.2) is 0 Å². The Labute approximate surface area is 194 Å². The summed E-state index contributed by atoms with van der Waals surface area (Å²) in [6.45, 7) is 1.94. The van der Waals surface area contributed by atoms with Crippen LogP contribution in [-0.4, -0.2) is 32.4 Å². The highest BCUT2D eigenvalue weighted by Crippen LogP contribution is 2.22. The number of amides is 1. The summed E-state index contributed by atoms with van der Waals surface area (Å²) < 4.78 is 29.5. The van der Waals surface area contributed by atoms with Crippen molar-refractivity contribution in [1.29, 1.82) is 0 Å². The van der Waals surface area contributed by atoms with Gasteiger partial charge in [0.1, 0.15) is 10.9 Å². The number of pyridine rings is 1. The molecule has 1 amide bonds. The number of nitrogens with zero attached hydrogens (tertiary/aromatic N) is 2. The number of nitrogens with one attached hydrogen (secondary N) is 1. The zero-order chi connectivity index (χ0) is 23.4. The molecule has 33 heavy (non-hydrogen) atoms. The molecule has 168 valence electrons. The molecule has 6 nitrogen and oxygen atoms in total. The Hall–Kier alpha value is -3.55. The first-order valence-electron chi connectivity index (χ1n) is 10.6. The summed E-state index contributed by atoms with van der Waals surface area (Å²) in [6, 6.07) is 24.4.